The van der Waals surface area contributed by atoms with Crippen LogP contribution in [0.15, 0.2) is 18.3 Å². The van der Waals surface area contributed by atoms with Crippen molar-refractivity contribution in [1.29, 1.82) is 5.26 Å². The first-order valence-electron chi connectivity index (χ1n) is 8.18. The van der Waals surface area contributed by atoms with Gasteiger partial charge in [0.1, 0.15) is 6.07 Å². The molecule has 24 heavy (non-hydrogen) atoms. The van der Waals surface area contributed by atoms with Gasteiger partial charge in [-0.1, -0.05) is 18.6 Å². The predicted molar refractivity (Wildman–Crippen MR) is 93.1 cm³/mol. The van der Waals surface area contributed by atoms with Crippen LogP contribution < -0.4 is 4.90 Å². The Morgan fingerprint density at radius 1 is 1.38 bits per heavy atom. The number of nitriles is 1. The summed E-state index contributed by atoms with van der Waals surface area (Å²) >= 11 is 0. The van der Waals surface area contributed by atoms with Crippen LogP contribution in [0.3, 0.4) is 0 Å². The van der Waals surface area contributed by atoms with Crippen molar-refractivity contribution in [3.8, 4) is 6.07 Å². The molecule has 2 unspecified atom stereocenters. The summed E-state index contributed by atoms with van der Waals surface area (Å²) in [6, 6.07) is 6.35. The van der Waals surface area contributed by atoms with Gasteiger partial charge in [0, 0.05) is 24.7 Å². The Labute approximate surface area is 141 Å². The van der Waals surface area contributed by atoms with Crippen molar-refractivity contribution in [2.75, 3.05) is 18.0 Å². The van der Waals surface area contributed by atoms with Crippen molar-refractivity contribution in [3.05, 3.63) is 35.0 Å². The van der Waals surface area contributed by atoms with E-state index in [9.17, 15) is 15.2 Å². The van der Waals surface area contributed by atoms with E-state index in [1.165, 1.54) is 0 Å². The molecule has 1 fully saturated rings. The lowest BCUT2D eigenvalue weighted by Crippen LogP contribution is -2.43. The van der Waals surface area contributed by atoms with E-state index in [-0.39, 0.29) is 5.92 Å². The average molecular weight is 323 g/mol. The van der Waals surface area contributed by atoms with E-state index >= 15 is 0 Å². The van der Waals surface area contributed by atoms with E-state index < -0.39 is 11.9 Å². The summed E-state index contributed by atoms with van der Waals surface area (Å²) in [5.41, 5.74) is 4.38. The van der Waals surface area contributed by atoms with Gasteiger partial charge in [-0.25, -0.2) is 0 Å². The highest BCUT2D eigenvalue weighted by Crippen LogP contribution is 2.35. The molecule has 2 atom stereocenters. The molecule has 0 aliphatic carbocycles. The fourth-order valence-corrected chi connectivity index (χ4v) is 3.78. The van der Waals surface area contributed by atoms with Gasteiger partial charge in [0.2, 0.25) is 0 Å². The van der Waals surface area contributed by atoms with Crippen molar-refractivity contribution in [1.82, 2.24) is 4.98 Å². The normalized spacial score (nSPS) is 20.8. The van der Waals surface area contributed by atoms with Gasteiger partial charge in [-0.15, -0.1) is 0 Å². The molecule has 0 radical (unpaired) electrons. The Bertz CT molecular complexity index is 854. The summed E-state index contributed by atoms with van der Waals surface area (Å²) < 4.78 is 0. The highest BCUT2D eigenvalue weighted by atomic mass is 16.4. The van der Waals surface area contributed by atoms with Gasteiger partial charge < -0.3 is 10.0 Å². The number of rotatable bonds is 2. The molecule has 2 heterocycles. The number of nitrogens with zero attached hydrogens (tertiary/aromatic N) is 3. The average Bonchev–Trinajstić information content (AvgIpc) is 2.52. The van der Waals surface area contributed by atoms with Crippen LogP contribution in [0.2, 0.25) is 0 Å². The number of hydrogen-bond acceptors (Lipinski definition) is 4. The minimum atomic E-state index is -0.768. The summed E-state index contributed by atoms with van der Waals surface area (Å²) in [6.45, 7) is 7.28. The van der Waals surface area contributed by atoms with Crippen molar-refractivity contribution in [2.24, 2.45) is 11.8 Å². The number of aliphatic carboxylic acids is 1. The highest BCUT2D eigenvalue weighted by Gasteiger charge is 2.31. The maximum Gasteiger partial charge on any atom is 0.308 e. The monoisotopic (exact) mass is 323 g/mol. The Balaban J connectivity index is 2.20. The number of fused-ring (bicyclic) bond motifs is 1. The first-order chi connectivity index (χ1) is 11.4. The van der Waals surface area contributed by atoms with E-state index in [2.05, 4.69) is 28.9 Å². The summed E-state index contributed by atoms with van der Waals surface area (Å²) in [5.74, 6) is -0.911. The molecule has 124 valence electrons. The molecular formula is C19H21N3O2. The number of piperidine rings is 1. The molecule has 1 aromatic heterocycles. The maximum atomic E-state index is 11.5. The quantitative estimate of drug-likeness (QED) is 0.918. The van der Waals surface area contributed by atoms with Gasteiger partial charge >= 0.3 is 5.97 Å². The van der Waals surface area contributed by atoms with Crippen LogP contribution in [0.4, 0.5) is 5.69 Å². The number of carboxylic acids is 1. The topological polar surface area (TPSA) is 77.2 Å². The van der Waals surface area contributed by atoms with Gasteiger partial charge in [0.25, 0.3) is 0 Å². The fraction of sp³-hybridized carbons (Fsp3) is 0.421. The first-order valence-corrected chi connectivity index (χ1v) is 8.18. The number of aromatic nitrogens is 1. The predicted octanol–water partition coefficient (Wildman–Crippen LogP) is 3.27. The van der Waals surface area contributed by atoms with Crippen LogP contribution in [-0.4, -0.2) is 29.1 Å². The number of aryl methyl sites for hydroxylation is 2. The van der Waals surface area contributed by atoms with E-state index in [1.807, 2.05) is 19.9 Å². The van der Waals surface area contributed by atoms with E-state index in [4.69, 9.17) is 0 Å². The third kappa shape index (κ3) is 2.80. The number of benzene rings is 1. The number of hydrogen-bond donors (Lipinski definition) is 1. The molecule has 3 rings (SSSR count). The lowest BCUT2D eigenvalue weighted by atomic mass is 9.89. The first kappa shape index (κ1) is 16.3. The fourth-order valence-electron chi connectivity index (χ4n) is 3.78. The Morgan fingerprint density at radius 3 is 2.79 bits per heavy atom. The lowest BCUT2D eigenvalue weighted by molar-refractivity contribution is -0.142. The summed E-state index contributed by atoms with van der Waals surface area (Å²) in [6.07, 6.45) is 2.28. The molecule has 1 saturated heterocycles. The van der Waals surface area contributed by atoms with Crippen molar-refractivity contribution < 1.29 is 9.90 Å². The lowest BCUT2D eigenvalue weighted by Gasteiger charge is -2.37. The van der Waals surface area contributed by atoms with Crippen LogP contribution >= 0.6 is 0 Å². The molecular weight excluding hydrogens is 302 g/mol. The SMILES string of the molecule is Cc1cc(C)c2ncc(C#N)c(N3CC(C)CC(C(=O)O)C3)c2c1. The molecule has 1 aliphatic heterocycles. The molecule has 1 aliphatic rings. The van der Waals surface area contributed by atoms with Gasteiger partial charge in [0.15, 0.2) is 0 Å². The van der Waals surface area contributed by atoms with Gasteiger partial charge in [-0.3, -0.25) is 9.78 Å². The number of carbonyl (C=O) groups is 1. The zero-order valence-electron chi connectivity index (χ0n) is 14.2. The second-order valence-corrected chi connectivity index (χ2v) is 6.89. The van der Waals surface area contributed by atoms with Crippen LogP contribution in [0.1, 0.15) is 30.0 Å². The third-order valence-electron chi connectivity index (χ3n) is 4.72. The van der Waals surface area contributed by atoms with Crippen molar-refractivity contribution >= 4 is 22.6 Å². The molecule has 1 aromatic carbocycles. The molecule has 5 nitrogen and oxygen atoms in total. The minimum absolute atomic E-state index is 0.264. The molecule has 1 N–H and O–H groups in total. The van der Waals surface area contributed by atoms with Gasteiger partial charge in [0.05, 0.1) is 22.7 Å². The largest absolute Gasteiger partial charge is 0.481 e. The Kier molecular flexibility index (Phi) is 4.15. The molecule has 0 spiro atoms. The summed E-state index contributed by atoms with van der Waals surface area (Å²) in [4.78, 5) is 18.0. The number of carboxylic acid groups (broad SMARTS) is 1. The molecule has 5 heteroatoms. The standard InChI is InChI=1S/C19H21N3O2/c1-11-4-13(3)17-16(6-11)18(15(7-20)8-21-17)22-9-12(2)5-14(10-22)19(23)24/h4,6,8,12,14H,5,9-10H2,1-3H3,(H,23,24). The van der Waals surface area contributed by atoms with Gasteiger partial charge in [-0.05, 0) is 37.8 Å². The van der Waals surface area contributed by atoms with E-state index in [0.29, 0.717) is 18.5 Å². The smallest absolute Gasteiger partial charge is 0.308 e. The third-order valence-corrected chi connectivity index (χ3v) is 4.72. The summed E-state index contributed by atoms with van der Waals surface area (Å²) in [7, 11) is 0. The number of pyridine rings is 1. The van der Waals surface area contributed by atoms with Crippen LogP contribution in [0.25, 0.3) is 10.9 Å². The molecule has 0 bridgehead atoms. The van der Waals surface area contributed by atoms with Crippen molar-refractivity contribution in [2.45, 2.75) is 27.2 Å². The molecule has 0 amide bonds. The second kappa shape index (κ2) is 6.12. The molecule has 2 aromatic rings. The van der Waals surface area contributed by atoms with E-state index in [0.717, 1.165) is 34.3 Å². The van der Waals surface area contributed by atoms with Gasteiger partial charge in [-0.2, -0.15) is 5.26 Å². The Morgan fingerprint density at radius 2 is 2.12 bits per heavy atom. The van der Waals surface area contributed by atoms with Crippen molar-refractivity contribution in [3.63, 3.8) is 0 Å². The van der Waals surface area contributed by atoms with Crippen LogP contribution in [0.5, 0.6) is 0 Å². The summed E-state index contributed by atoms with van der Waals surface area (Å²) in [5, 5.41) is 19.9. The minimum Gasteiger partial charge on any atom is -0.481 e. The Hall–Kier alpha value is -2.61. The van der Waals surface area contributed by atoms with Crippen LogP contribution in [0, 0.1) is 37.0 Å². The second-order valence-electron chi connectivity index (χ2n) is 6.89. The van der Waals surface area contributed by atoms with E-state index in [1.54, 1.807) is 6.20 Å². The zero-order valence-corrected chi connectivity index (χ0v) is 14.2. The maximum absolute atomic E-state index is 11.5. The molecule has 0 saturated carbocycles. The zero-order chi connectivity index (χ0) is 17.4. The number of anilines is 1. The highest BCUT2D eigenvalue weighted by molar-refractivity contribution is 5.96. The van der Waals surface area contributed by atoms with Crippen LogP contribution in [-0.2, 0) is 4.79 Å².